The number of rotatable bonds is 14. The third kappa shape index (κ3) is 8.74. The zero-order chi connectivity index (χ0) is 27.5. The molecule has 3 rings (SSSR count). The summed E-state index contributed by atoms with van der Waals surface area (Å²) >= 11 is 6.40. The Morgan fingerprint density at radius 2 is 1.74 bits per heavy atom. The molecule has 0 saturated carbocycles. The summed E-state index contributed by atoms with van der Waals surface area (Å²) in [6.07, 6.45) is 2.68. The van der Waals surface area contributed by atoms with Gasteiger partial charge in [-0.2, -0.15) is 0 Å². The number of nitrogens with zero attached hydrogens (tertiary/aromatic N) is 3. The third-order valence-corrected chi connectivity index (χ3v) is 6.71. The Labute approximate surface area is 232 Å². The van der Waals surface area contributed by atoms with Crippen LogP contribution in [0.4, 0.5) is 0 Å². The van der Waals surface area contributed by atoms with E-state index in [2.05, 4.69) is 18.4 Å². The second-order valence-electron chi connectivity index (χ2n) is 10.0. The summed E-state index contributed by atoms with van der Waals surface area (Å²) in [5.74, 6) is 0.0765. The summed E-state index contributed by atoms with van der Waals surface area (Å²) in [5, 5.41) is 0.722. The first-order valence-corrected chi connectivity index (χ1v) is 13.7. The largest absolute Gasteiger partial charge is 0.382 e. The van der Waals surface area contributed by atoms with Gasteiger partial charge in [0, 0.05) is 55.3 Å². The van der Waals surface area contributed by atoms with Crippen molar-refractivity contribution in [1.82, 2.24) is 14.4 Å². The fraction of sp³-hybridized carbons (Fsp3) is 0.419. The molecule has 1 aromatic heterocycles. The molecular weight excluding hydrogens is 498 g/mol. The molecule has 7 heteroatoms. The monoisotopic (exact) mass is 537 g/mol. The van der Waals surface area contributed by atoms with Crippen molar-refractivity contribution in [1.29, 1.82) is 0 Å². The van der Waals surface area contributed by atoms with Crippen molar-refractivity contribution >= 4 is 23.4 Å². The maximum absolute atomic E-state index is 13.7. The second-order valence-corrected chi connectivity index (χ2v) is 10.4. The lowest BCUT2D eigenvalue weighted by molar-refractivity contribution is -0.133. The molecule has 0 aliphatic rings. The van der Waals surface area contributed by atoms with Crippen LogP contribution in [0.25, 0.3) is 0 Å². The molecule has 3 aromatic rings. The minimum absolute atomic E-state index is 0.0246. The molecule has 0 aliphatic carbocycles. The van der Waals surface area contributed by atoms with Crippen molar-refractivity contribution in [3.05, 3.63) is 94.3 Å². The standard InChI is InChI=1S/C31H40ClN3O3/c1-5-38-19-9-18-34(31(37)26-15-13-25(4)14-16-26)23-30(36)35(20-24(2)3)22-28-11-8-17-33(28)21-27-10-6-7-12-29(27)32/h6-8,10-17,24H,5,9,18-23H2,1-4H3. The summed E-state index contributed by atoms with van der Waals surface area (Å²) in [6, 6.07) is 19.3. The van der Waals surface area contributed by atoms with Crippen LogP contribution in [0.1, 0.15) is 54.4 Å². The molecule has 6 nitrogen and oxygen atoms in total. The molecule has 0 bridgehead atoms. The van der Waals surface area contributed by atoms with Gasteiger partial charge in [-0.3, -0.25) is 9.59 Å². The number of aromatic nitrogens is 1. The Bertz CT molecular complexity index is 1170. The topological polar surface area (TPSA) is 54.8 Å². The molecule has 0 saturated heterocycles. The molecule has 0 spiro atoms. The van der Waals surface area contributed by atoms with Crippen molar-refractivity contribution < 1.29 is 14.3 Å². The van der Waals surface area contributed by atoms with Crippen LogP contribution in [0.3, 0.4) is 0 Å². The number of ether oxygens (including phenoxy) is 1. The lowest BCUT2D eigenvalue weighted by atomic mass is 10.1. The van der Waals surface area contributed by atoms with E-state index < -0.39 is 0 Å². The van der Waals surface area contributed by atoms with Crippen LogP contribution in [0, 0.1) is 12.8 Å². The van der Waals surface area contributed by atoms with Gasteiger partial charge in [-0.1, -0.05) is 61.3 Å². The van der Waals surface area contributed by atoms with E-state index in [0.29, 0.717) is 51.4 Å². The van der Waals surface area contributed by atoms with Gasteiger partial charge in [0.2, 0.25) is 5.91 Å². The van der Waals surface area contributed by atoms with E-state index in [-0.39, 0.29) is 24.3 Å². The van der Waals surface area contributed by atoms with E-state index in [1.165, 1.54) is 0 Å². The lowest BCUT2D eigenvalue weighted by Crippen LogP contribution is -2.44. The van der Waals surface area contributed by atoms with Gasteiger partial charge in [0.15, 0.2) is 0 Å². The van der Waals surface area contributed by atoms with Crippen LogP contribution in [0.5, 0.6) is 0 Å². The van der Waals surface area contributed by atoms with Crippen molar-refractivity contribution in [3.8, 4) is 0 Å². The van der Waals surface area contributed by atoms with E-state index in [1.807, 2.05) is 85.6 Å². The van der Waals surface area contributed by atoms with Gasteiger partial charge >= 0.3 is 0 Å². The molecule has 0 atom stereocenters. The third-order valence-electron chi connectivity index (χ3n) is 6.35. The Morgan fingerprint density at radius 1 is 1.00 bits per heavy atom. The molecule has 0 fully saturated rings. The van der Waals surface area contributed by atoms with Crippen LogP contribution < -0.4 is 0 Å². The Morgan fingerprint density at radius 3 is 2.42 bits per heavy atom. The van der Waals surface area contributed by atoms with E-state index in [9.17, 15) is 9.59 Å². The number of carbonyl (C=O) groups excluding carboxylic acids is 2. The van der Waals surface area contributed by atoms with Crippen LogP contribution in [0.15, 0.2) is 66.9 Å². The highest BCUT2D eigenvalue weighted by atomic mass is 35.5. The summed E-state index contributed by atoms with van der Waals surface area (Å²) in [4.78, 5) is 30.6. The molecule has 38 heavy (non-hydrogen) atoms. The van der Waals surface area contributed by atoms with E-state index in [1.54, 1.807) is 4.90 Å². The van der Waals surface area contributed by atoms with Crippen LogP contribution in [-0.2, 0) is 22.6 Å². The number of halogens is 1. The van der Waals surface area contributed by atoms with Crippen molar-refractivity contribution in [2.45, 2.75) is 47.2 Å². The maximum atomic E-state index is 13.7. The van der Waals surface area contributed by atoms with Crippen LogP contribution >= 0.6 is 11.6 Å². The highest BCUT2D eigenvalue weighted by Crippen LogP contribution is 2.19. The molecule has 204 valence electrons. The SMILES string of the molecule is CCOCCCN(CC(=O)N(Cc1cccn1Cc1ccccc1Cl)CC(C)C)C(=O)c1ccc(C)cc1. The van der Waals surface area contributed by atoms with E-state index >= 15 is 0 Å². The minimum atomic E-state index is -0.138. The first kappa shape index (κ1) is 29.5. The van der Waals surface area contributed by atoms with Crippen LogP contribution in [0.2, 0.25) is 5.02 Å². The molecular formula is C31H40ClN3O3. The molecule has 0 radical (unpaired) electrons. The first-order valence-electron chi connectivity index (χ1n) is 13.4. The van der Waals surface area contributed by atoms with Gasteiger partial charge in [0.25, 0.3) is 5.91 Å². The average Bonchev–Trinajstić information content (AvgIpc) is 3.33. The normalized spacial score (nSPS) is 11.1. The predicted octanol–water partition coefficient (Wildman–Crippen LogP) is 6.05. The minimum Gasteiger partial charge on any atom is -0.382 e. The van der Waals surface area contributed by atoms with Gasteiger partial charge in [0.05, 0.1) is 6.54 Å². The summed E-state index contributed by atoms with van der Waals surface area (Å²) in [5.41, 5.74) is 3.72. The fourth-order valence-electron chi connectivity index (χ4n) is 4.34. The first-order chi connectivity index (χ1) is 18.3. The van der Waals surface area contributed by atoms with Gasteiger partial charge in [-0.25, -0.2) is 0 Å². The zero-order valence-electron chi connectivity index (χ0n) is 23.0. The molecule has 1 heterocycles. The Hall–Kier alpha value is -3.09. The highest BCUT2D eigenvalue weighted by molar-refractivity contribution is 6.31. The molecule has 0 unspecified atom stereocenters. The van der Waals surface area contributed by atoms with Crippen molar-refractivity contribution in [2.24, 2.45) is 5.92 Å². The summed E-state index contributed by atoms with van der Waals surface area (Å²) < 4.78 is 7.61. The second kappa shape index (κ2) is 14.7. The molecule has 2 aromatic carbocycles. The van der Waals surface area contributed by atoms with E-state index in [4.69, 9.17) is 16.3 Å². The Balaban J connectivity index is 1.77. The number of aryl methyl sites for hydroxylation is 1. The number of hydrogen-bond acceptors (Lipinski definition) is 3. The fourth-order valence-corrected chi connectivity index (χ4v) is 4.54. The van der Waals surface area contributed by atoms with Gasteiger partial charge in [-0.15, -0.1) is 0 Å². The highest BCUT2D eigenvalue weighted by Gasteiger charge is 2.24. The molecule has 0 aliphatic heterocycles. The number of carbonyl (C=O) groups is 2. The number of benzene rings is 2. The average molecular weight is 538 g/mol. The maximum Gasteiger partial charge on any atom is 0.254 e. The van der Waals surface area contributed by atoms with Gasteiger partial charge < -0.3 is 19.1 Å². The van der Waals surface area contributed by atoms with E-state index in [0.717, 1.165) is 21.8 Å². The smallest absolute Gasteiger partial charge is 0.254 e. The van der Waals surface area contributed by atoms with Gasteiger partial charge in [0.1, 0.15) is 6.54 Å². The molecule has 0 N–H and O–H groups in total. The quantitative estimate of drug-likeness (QED) is 0.235. The van der Waals surface area contributed by atoms with Crippen LogP contribution in [-0.4, -0.2) is 59.0 Å². The van der Waals surface area contributed by atoms with Crippen molar-refractivity contribution in [3.63, 3.8) is 0 Å². The Kier molecular flexibility index (Phi) is 11.4. The van der Waals surface area contributed by atoms with Gasteiger partial charge in [-0.05, 0) is 62.1 Å². The predicted molar refractivity (Wildman–Crippen MR) is 153 cm³/mol. The molecule has 2 amide bonds. The summed E-state index contributed by atoms with van der Waals surface area (Å²) in [7, 11) is 0. The summed E-state index contributed by atoms with van der Waals surface area (Å²) in [6.45, 7) is 11.5. The number of amides is 2. The lowest BCUT2D eigenvalue weighted by Gasteiger charge is -2.29. The zero-order valence-corrected chi connectivity index (χ0v) is 23.8. The van der Waals surface area contributed by atoms with Crippen molar-refractivity contribution in [2.75, 3.05) is 32.8 Å². The number of hydrogen-bond donors (Lipinski definition) is 0.